The Hall–Kier alpha value is -0.700. The monoisotopic (exact) mass is 349 g/mol. The van der Waals surface area contributed by atoms with Crippen molar-refractivity contribution in [2.75, 3.05) is 7.05 Å². The highest BCUT2D eigenvalue weighted by Gasteiger charge is 2.22. The smallest absolute Gasteiger partial charge is 0.246 e. The second kappa shape index (κ2) is 5.12. The van der Waals surface area contributed by atoms with Gasteiger partial charge in [0.2, 0.25) is 10.0 Å². The van der Waals surface area contributed by atoms with Gasteiger partial charge in [0.25, 0.3) is 0 Å². The van der Waals surface area contributed by atoms with Crippen molar-refractivity contribution >= 4 is 37.3 Å². The highest BCUT2D eigenvalue weighted by molar-refractivity contribution is 9.11. The van der Waals surface area contributed by atoms with E-state index in [1.165, 1.54) is 32.7 Å². The molecule has 0 aliphatic heterocycles. The van der Waals surface area contributed by atoms with E-state index in [-0.39, 0.29) is 4.90 Å². The third kappa shape index (κ3) is 2.82. The summed E-state index contributed by atoms with van der Waals surface area (Å²) in [5.41, 5.74) is 0.960. The van der Waals surface area contributed by atoms with Crippen LogP contribution in [0.2, 0.25) is 0 Å². The SMILES string of the molecule is CN(Cc1csc(Br)c1)S(=O)(=O)c1cnn(C)c1. The molecule has 2 heterocycles. The van der Waals surface area contributed by atoms with Crippen LogP contribution in [0, 0.1) is 0 Å². The van der Waals surface area contributed by atoms with Crippen LogP contribution in [0.1, 0.15) is 5.56 Å². The summed E-state index contributed by atoms with van der Waals surface area (Å²) < 4.78 is 28.2. The maximum Gasteiger partial charge on any atom is 0.246 e. The molecular formula is C10H12BrN3O2S2. The first-order valence-corrected chi connectivity index (χ1v) is 8.19. The van der Waals surface area contributed by atoms with Crippen molar-refractivity contribution in [3.8, 4) is 0 Å². The van der Waals surface area contributed by atoms with Crippen molar-refractivity contribution in [2.45, 2.75) is 11.4 Å². The van der Waals surface area contributed by atoms with Crippen molar-refractivity contribution in [2.24, 2.45) is 7.05 Å². The van der Waals surface area contributed by atoms with E-state index in [0.717, 1.165) is 9.35 Å². The van der Waals surface area contributed by atoms with Crippen LogP contribution >= 0.6 is 27.3 Å². The largest absolute Gasteiger partial charge is 0.274 e. The van der Waals surface area contributed by atoms with Crippen LogP contribution in [-0.4, -0.2) is 29.6 Å². The lowest BCUT2D eigenvalue weighted by Crippen LogP contribution is -2.26. The summed E-state index contributed by atoms with van der Waals surface area (Å²) in [5, 5.41) is 5.81. The summed E-state index contributed by atoms with van der Waals surface area (Å²) in [4.78, 5) is 0.210. The number of rotatable bonds is 4. The Morgan fingerprint density at radius 3 is 2.78 bits per heavy atom. The average Bonchev–Trinajstić information content (AvgIpc) is 2.88. The number of aromatic nitrogens is 2. The Balaban J connectivity index is 2.20. The van der Waals surface area contributed by atoms with E-state index in [1.807, 2.05) is 11.4 Å². The molecule has 2 aromatic rings. The molecule has 0 aliphatic carbocycles. The minimum absolute atomic E-state index is 0.210. The Bertz CT molecular complexity index is 648. The summed E-state index contributed by atoms with van der Waals surface area (Å²) in [6, 6.07) is 1.92. The molecule has 5 nitrogen and oxygen atoms in total. The number of halogens is 1. The van der Waals surface area contributed by atoms with Crippen LogP contribution < -0.4 is 0 Å². The Labute approximate surface area is 118 Å². The molecule has 18 heavy (non-hydrogen) atoms. The third-order valence-electron chi connectivity index (χ3n) is 2.42. The van der Waals surface area contributed by atoms with Gasteiger partial charge in [0.15, 0.2) is 0 Å². The first kappa shape index (κ1) is 13.7. The summed E-state index contributed by atoms with van der Waals surface area (Å²) in [6.07, 6.45) is 2.85. The van der Waals surface area contributed by atoms with Crippen LogP contribution in [0.3, 0.4) is 0 Å². The van der Waals surface area contributed by atoms with Gasteiger partial charge >= 0.3 is 0 Å². The fraction of sp³-hybridized carbons (Fsp3) is 0.300. The maximum absolute atomic E-state index is 12.2. The Kier molecular flexibility index (Phi) is 3.90. The third-order valence-corrected chi connectivity index (χ3v) is 5.73. The molecule has 0 spiro atoms. The first-order valence-electron chi connectivity index (χ1n) is 5.07. The molecule has 0 atom stereocenters. The summed E-state index contributed by atoms with van der Waals surface area (Å²) in [7, 11) is -0.215. The van der Waals surface area contributed by atoms with Crippen molar-refractivity contribution in [3.63, 3.8) is 0 Å². The fourth-order valence-corrected chi connectivity index (χ4v) is 3.83. The molecule has 0 amide bonds. The molecule has 98 valence electrons. The van der Waals surface area contributed by atoms with Gasteiger partial charge < -0.3 is 0 Å². The molecule has 8 heteroatoms. The number of sulfonamides is 1. The van der Waals surface area contributed by atoms with Gasteiger partial charge in [0, 0.05) is 26.8 Å². The van der Waals surface area contributed by atoms with Gasteiger partial charge in [-0.3, -0.25) is 4.68 Å². The second-order valence-electron chi connectivity index (χ2n) is 3.87. The Morgan fingerprint density at radius 2 is 2.28 bits per heavy atom. The van der Waals surface area contributed by atoms with Gasteiger partial charge in [-0.05, 0) is 32.9 Å². The van der Waals surface area contributed by atoms with Crippen LogP contribution in [0.25, 0.3) is 0 Å². The molecule has 0 aliphatic rings. The van der Waals surface area contributed by atoms with E-state index in [4.69, 9.17) is 0 Å². The summed E-state index contributed by atoms with van der Waals surface area (Å²) >= 11 is 4.89. The van der Waals surface area contributed by atoms with E-state index in [1.54, 1.807) is 14.1 Å². The van der Waals surface area contributed by atoms with Gasteiger partial charge in [-0.15, -0.1) is 11.3 Å². The molecule has 0 N–H and O–H groups in total. The van der Waals surface area contributed by atoms with E-state index >= 15 is 0 Å². The summed E-state index contributed by atoms with van der Waals surface area (Å²) in [6.45, 7) is 0.347. The Morgan fingerprint density at radius 1 is 1.56 bits per heavy atom. The molecular weight excluding hydrogens is 338 g/mol. The fourth-order valence-electron chi connectivity index (χ4n) is 1.48. The molecule has 2 aromatic heterocycles. The zero-order valence-electron chi connectivity index (χ0n) is 9.87. The van der Waals surface area contributed by atoms with Crippen LogP contribution in [0.15, 0.2) is 32.5 Å². The number of aryl methyl sites for hydroxylation is 1. The normalized spacial score (nSPS) is 12.2. The van der Waals surface area contributed by atoms with E-state index in [9.17, 15) is 8.42 Å². The van der Waals surface area contributed by atoms with Crippen LogP contribution in [-0.2, 0) is 23.6 Å². The van der Waals surface area contributed by atoms with Crippen LogP contribution in [0.5, 0.6) is 0 Å². The van der Waals surface area contributed by atoms with Gasteiger partial charge in [0.05, 0.1) is 9.98 Å². The molecule has 0 aromatic carbocycles. The highest BCUT2D eigenvalue weighted by atomic mass is 79.9. The zero-order valence-corrected chi connectivity index (χ0v) is 13.1. The molecule has 0 radical (unpaired) electrons. The number of hydrogen-bond donors (Lipinski definition) is 0. The quantitative estimate of drug-likeness (QED) is 0.848. The number of thiophene rings is 1. The molecule has 0 saturated heterocycles. The van der Waals surface area contributed by atoms with E-state index in [2.05, 4.69) is 21.0 Å². The maximum atomic E-state index is 12.2. The number of nitrogens with zero attached hydrogens (tertiary/aromatic N) is 3. The predicted molar refractivity (Wildman–Crippen MR) is 73.9 cm³/mol. The molecule has 2 rings (SSSR count). The molecule has 0 fully saturated rings. The predicted octanol–water partition coefficient (Wildman–Crippen LogP) is 2.06. The topological polar surface area (TPSA) is 55.2 Å². The van der Waals surface area contributed by atoms with Crippen LogP contribution in [0.4, 0.5) is 0 Å². The molecule has 0 bridgehead atoms. The van der Waals surface area contributed by atoms with Gasteiger partial charge in [-0.2, -0.15) is 9.40 Å². The standard InChI is InChI=1S/C10H12BrN3O2S2/c1-13-6-9(4-12-13)18(15,16)14(2)5-8-3-10(11)17-7-8/h3-4,6-7H,5H2,1-2H3. The first-order chi connectivity index (χ1) is 8.39. The number of hydrogen-bond acceptors (Lipinski definition) is 4. The lowest BCUT2D eigenvalue weighted by atomic mass is 10.3. The van der Waals surface area contributed by atoms with Crippen molar-refractivity contribution in [1.82, 2.24) is 14.1 Å². The van der Waals surface area contributed by atoms with E-state index in [0.29, 0.717) is 6.54 Å². The molecule has 0 unspecified atom stereocenters. The lowest BCUT2D eigenvalue weighted by molar-refractivity contribution is 0.467. The zero-order chi connectivity index (χ0) is 13.3. The second-order valence-corrected chi connectivity index (χ2v) is 8.21. The van der Waals surface area contributed by atoms with E-state index < -0.39 is 10.0 Å². The van der Waals surface area contributed by atoms with Gasteiger partial charge in [0.1, 0.15) is 4.90 Å². The van der Waals surface area contributed by atoms with Crippen molar-refractivity contribution < 1.29 is 8.42 Å². The van der Waals surface area contributed by atoms with Crippen molar-refractivity contribution in [3.05, 3.63) is 33.2 Å². The van der Waals surface area contributed by atoms with Gasteiger partial charge in [-0.1, -0.05) is 0 Å². The summed E-state index contributed by atoms with van der Waals surface area (Å²) in [5.74, 6) is 0. The van der Waals surface area contributed by atoms with Gasteiger partial charge in [-0.25, -0.2) is 8.42 Å². The average molecular weight is 350 g/mol. The minimum Gasteiger partial charge on any atom is -0.274 e. The molecule has 0 saturated carbocycles. The van der Waals surface area contributed by atoms with Crippen molar-refractivity contribution in [1.29, 1.82) is 0 Å². The highest BCUT2D eigenvalue weighted by Crippen LogP contribution is 2.23. The lowest BCUT2D eigenvalue weighted by Gasteiger charge is -2.14. The minimum atomic E-state index is -3.47.